The Kier molecular flexibility index (Phi) is 4.96. The van der Waals surface area contributed by atoms with Gasteiger partial charge in [0.25, 0.3) is 0 Å². The first-order valence-electron chi connectivity index (χ1n) is 7.24. The highest BCUT2D eigenvalue weighted by molar-refractivity contribution is 5.84. The van der Waals surface area contributed by atoms with Crippen LogP contribution in [0.2, 0.25) is 0 Å². The topological polar surface area (TPSA) is 75.6 Å². The molecule has 2 N–H and O–H groups in total. The van der Waals surface area contributed by atoms with E-state index in [2.05, 4.69) is 5.32 Å². The second-order valence-electron chi connectivity index (χ2n) is 5.39. The molecule has 21 heavy (non-hydrogen) atoms. The fourth-order valence-corrected chi connectivity index (χ4v) is 2.66. The minimum absolute atomic E-state index is 0.0954. The van der Waals surface area contributed by atoms with Crippen LogP contribution in [0.5, 0.6) is 0 Å². The molecule has 1 heterocycles. The van der Waals surface area contributed by atoms with Gasteiger partial charge in [-0.1, -0.05) is 37.3 Å². The zero-order chi connectivity index (χ0) is 15.3. The molecule has 5 heteroatoms. The highest BCUT2D eigenvalue weighted by atomic mass is 16.5. The lowest BCUT2D eigenvalue weighted by Crippen LogP contribution is -2.47. The van der Waals surface area contributed by atoms with Crippen molar-refractivity contribution in [1.29, 1.82) is 0 Å². The average Bonchev–Trinajstić information content (AvgIpc) is 3.03. The summed E-state index contributed by atoms with van der Waals surface area (Å²) in [7, 11) is 0. The number of carbonyl (C=O) groups is 2. The molecule has 0 aromatic heterocycles. The first-order chi connectivity index (χ1) is 10.1. The molecule has 0 spiro atoms. The maximum atomic E-state index is 12.1. The zero-order valence-corrected chi connectivity index (χ0v) is 12.2. The predicted molar refractivity (Wildman–Crippen MR) is 78.0 cm³/mol. The third-order valence-corrected chi connectivity index (χ3v) is 4.20. The predicted octanol–water partition coefficient (Wildman–Crippen LogP) is 1.57. The van der Waals surface area contributed by atoms with Gasteiger partial charge in [-0.15, -0.1) is 0 Å². The van der Waals surface area contributed by atoms with Crippen LogP contribution < -0.4 is 5.32 Å². The van der Waals surface area contributed by atoms with Gasteiger partial charge in [0.15, 0.2) is 0 Å². The second kappa shape index (κ2) is 6.72. The van der Waals surface area contributed by atoms with Gasteiger partial charge in [-0.25, -0.2) is 0 Å². The van der Waals surface area contributed by atoms with E-state index in [1.54, 1.807) is 12.1 Å². The van der Waals surface area contributed by atoms with Crippen molar-refractivity contribution >= 4 is 11.9 Å². The summed E-state index contributed by atoms with van der Waals surface area (Å²) in [6.07, 6.45) is 1.11. The van der Waals surface area contributed by atoms with Crippen molar-refractivity contribution in [1.82, 2.24) is 5.32 Å². The SMILES string of the molecule is CCC(CNC(=O)C1CCOC1)(C(=O)O)c1ccccc1. The number of rotatable bonds is 6. The molecule has 1 aliphatic rings. The van der Waals surface area contributed by atoms with Crippen molar-refractivity contribution in [3.05, 3.63) is 35.9 Å². The van der Waals surface area contributed by atoms with Crippen LogP contribution in [0.25, 0.3) is 0 Å². The van der Waals surface area contributed by atoms with Crippen LogP contribution in [0.3, 0.4) is 0 Å². The van der Waals surface area contributed by atoms with Gasteiger partial charge in [-0.05, 0) is 18.4 Å². The Morgan fingerprint density at radius 3 is 2.62 bits per heavy atom. The van der Waals surface area contributed by atoms with E-state index in [9.17, 15) is 14.7 Å². The summed E-state index contributed by atoms with van der Waals surface area (Å²) in [6, 6.07) is 9.07. The number of benzene rings is 1. The summed E-state index contributed by atoms with van der Waals surface area (Å²) in [5, 5.41) is 12.5. The maximum Gasteiger partial charge on any atom is 0.315 e. The summed E-state index contributed by atoms with van der Waals surface area (Å²) < 4.78 is 5.19. The number of carboxylic acid groups (broad SMARTS) is 1. The Labute approximate surface area is 124 Å². The molecule has 0 aliphatic carbocycles. The van der Waals surface area contributed by atoms with Gasteiger partial charge in [0.1, 0.15) is 5.41 Å². The largest absolute Gasteiger partial charge is 0.481 e. The third kappa shape index (κ3) is 3.24. The minimum atomic E-state index is -1.09. The number of carboxylic acids is 1. The smallest absolute Gasteiger partial charge is 0.315 e. The molecular formula is C16H21NO4. The van der Waals surface area contributed by atoms with E-state index in [0.717, 1.165) is 0 Å². The quantitative estimate of drug-likeness (QED) is 0.834. The fraction of sp³-hybridized carbons (Fsp3) is 0.500. The van der Waals surface area contributed by atoms with E-state index >= 15 is 0 Å². The minimum Gasteiger partial charge on any atom is -0.481 e. The standard InChI is InChI=1S/C16H21NO4/c1-2-16(15(19)20,13-6-4-3-5-7-13)11-17-14(18)12-8-9-21-10-12/h3-7,12H,2,8-11H2,1H3,(H,17,18)(H,19,20). The molecule has 1 fully saturated rings. The Morgan fingerprint density at radius 2 is 2.10 bits per heavy atom. The summed E-state index contributed by atoms with van der Waals surface area (Å²) in [5.74, 6) is -1.20. The Bertz CT molecular complexity index is 496. The molecule has 0 saturated carbocycles. The Hall–Kier alpha value is -1.88. The van der Waals surface area contributed by atoms with Crippen LogP contribution in [-0.2, 0) is 19.7 Å². The number of nitrogens with one attached hydrogen (secondary N) is 1. The normalized spacial score (nSPS) is 20.7. The molecule has 2 unspecified atom stereocenters. The van der Waals surface area contributed by atoms with Crippen molar-refractivity contribution in [2.45, 2.75) is 25.2 Å². The maximum absolute atomic E-state index is 12.1. The van der Waals surface area contributed by atoms with E-state index in [1.807, 2.05) is 25.1 Å². The number of carbonyl (C=O) groups excluding carboxylic acids is 1. The molecule has 2 rings (SSSR count). The molecule has 5 nitrogen and oxygen atoms in total. The molecule has 0 bridgehead atoms. The number of ether oxygens (including phenoxy) is 1. The highest BCUT2D eigenvalue weighted by Gasteiger charge is 2.39. The monoisotopic (exact) mass is 291 g/mol. The van der Waals surface area contributed by atoms with Gasteiger partial charge in [0, 0.05) is 13.2 Å². The number of hydrogen-bond donors (Lipinski definition) is 2. The summed E-state index contributed by atoms with van der Waals surface area (Å²) in [6.45, 7) is 2.93. The molecule has 1 amide bonds. The fourth-order valence-electron chi connectivity index (χ4n) is 2.66. The summed E-state index contributed by atoms with van der Waals surface area (Å²) in [5.41, 5.74) is -0.376. The lowest BCUT2D eigenvalue weighted by Gasteiger charge is -2.29. The van der Waals surface area contributed by atoms with Gasteiger partial charge in [0.2, 0.25) is 5.91 Å². The summed E-state index contributed by atoms with van der Waals surface area (Å²) in [4.78, 5) is 23.9. The molecule has 0 radical (unpaired) electrons. The van der Waals surface area contributed by atoms with Crippen LogP contribution in [0, 0.1) is 5.92 Å². The van der Waals surface area contributed by atoms with Crippen LogP contribution in [0.1, 0.15) is 25.3 Å². The van der Waals surface area contributed by atoms with Crippen LogP contribution in [0.4, 0.5) is 0 Å². The van der Waals surface area contributed by atoms with Crippen molar-refractivity contribution in [3.63, 3.8) is 0 Å². The van der Waals surface area contributed by atoms with E-state index in [-0.39, 0.29) is 18.4 Å². The average molecular weight is 291 g/mol. The Balaban J connectivity index is 2.13. The van der Waals surface area contributed by atoms with Crippen molar-refractivity contribution in [2.75, 3.05) is 19.8 Å². The Morgan fingerprint density at radius 1 is 1.38 bits per heavy atom. The lowest BCUT2D eigenvalue weighted by atomic mass is 9.78. The first kappa shape index (κ1) is 15.5. The van der Waals surface area contributed by atoms with Gasteiger partial charge < -0.3 is 15.2 Å². The molecule has 114 valence electrons. The van der Waals surface area contributed by atoms with Gasteiger partial charge in [-0.3, -0.25) is 9.59 Å². The number of amides is 1. The van der Waals surface area contributed by atoms with E-state index in [0.29, 0.717) is 31.6 Å². The molecule has 1 aromatic rings. The number of hydrogen-bond acceptors (Lipinski definition) is 3. The molecule has 1 saturated heterocycles. The third-order valence-electron chi connectivity index (χ3n) is 4.20. The number of aliphatic carboxylic acids is 1. The highest BCUT2D eigenvalue weighted by Crippen LogP contribution is 2.28. The van der Waals surface area contributed by atoms with E-state index < -0.39 is 11.4 Å². The zero-order valence-electron chi connectivity index (χ0n) is 12.2. The van der Waals surface area contributed by atoms with Crippen LogP contribution in [-0.4, -0.2) is 36.7 Å². The van der Waals surface area contributed by atoms with Crippen LogP contribution in [0.15, 0.2) is 30.3 Å². The van der Waals surface area contributed by atoms with Gasteiger partial charge in [0.05, 0.1) is 12.5 Å². The van der Waals surface area contributed by atoms with E-state index in [1.165, 1.54) is 0 Å². The molecule has 1 aliphatic heterocycles. The second-order valence-corrected chi connectivity index (χ2v) is 5.39. The van der Waals surface area contributed by atoms with Crippen molar-refractivity contribution in [2.24, 2.45) is 5.92 Å². The van der Waals surface area contributed by atoms with E-state index in [4.69, 9.17) is 4.74 Å². The van der Waals surface area contributed by atoms with Crippen molar-refractivity contribution in [3.8, 4) is 0 Å². The molecule has 2 atom stereocenters. The summed E-state index contributed by atoms with van der Waals surface area (Å²) >= 11 is 0. The lowest BCUT2D eigenvalue weighted by molar-refractivity contribution is -0.144. The molecule has 1 aromatic carbocycles. The van der Waals surface area contributed by atoms with Gasteiger partial charge in [-0.2, -0.15) is 0 Å². The van der Waals surface area contributed by atoms with Crippen LogP contribution >= 0.6 is 0 Å². The first-order valence-corrected chi connectivity index (χ1v) is 7.24. The molecular weight excluding hydrogens is 270 g/mol. The van der Waals surface area contributed by atoms with Crippen molar-refractivity contribution < 1.29 is 19.4 Å². The van der Waals surface area contributed by atoms with Gasteiger partial charge >= 0.3 is 5.97 Å².